The zero-order valence-electron chi connectivity index (χ0n) is 24.2. The van der Waals surface area contributed by atoms with Gasteiger partial charge in [0.15, 0.2) is 17.5 Å². The number of rotatable bonds is 10. The highest BCUT2D eigenvalue weighted by atomic mass is 19.3. The molecule has 238 valence electrons. The molecule has 0 aliphatic carbocycles. The molecule has 5 aromatic rings. The van der Waals surface area contributed by atoms with Crippen molar-refractivity contribution in [3.05, 3.63) is 137 Å². The van der Waals surface area contributed by atoms with Gasteiger partial charge in [0.1, 0.15) is 29.0 Å². The third kappa shape index (κ3) is 6.90. The second-order valence-corrected chi connectivity index (χ2v) is 10.7. The zero-order valence-corrected chi connectivity index (χ0v) is 24.2. The van der Waals surface area contributed by atoms with E-state index in [1.54, 1.807) is 12.1 Å². The summed E-state index contributed by atoms with van der Waals surface area (Å²) in [5, 5.41) is 0. The summed E-state index contributed by atoms with van der Waals surface area (Å²) in [6, 6.07) is 14.7. The molecule has 0 N–H and O–H groups in total. The van der Waals surface area contributed by atoms with Crippen molar-refractivity contribution in [1.82, 2.24) is 0 Å². The monoisotopic (exact) mass is 644 g/mol. The van der Waals surface area contributed by atoms with Gasteiger partial charge in [0.05, 0.1) is 16.7 Å². The molecule has 0 atom stereocenters. The van der Waals surface area contributed by atoms with E-state index in [-0.39, 0.29) is 23.3 Å². The van der Waals surface area contributed by atoms with Crippen LogP contribution in [0.1, 0.15) is 37.3 Å². The van der Waals surface area contributed by atoms with Gasteiger partial charge in [-0.1, -0.05) is 56.2 Å². The van der Waals surface area contributed by atoms with E-state index in [4.69, 9.17) is 0 Å². The molecule has 46 heavy (non-hydrogen) atoms. The quantitative estimate of drug-likeness (QED) is 0.0835. The normalized spacial score (nSPS) is 11.6. The van der Waals surface area contributed by atoms with Crippen LogP contribution in [0.3, 0.4) is 0 Å². The van der Waals surface area contributed by atoms with Gasteiger partial charge in [-0.05, 0) is 77.1 Å². The number of unbranched alkanes of at least 4 members (excludes halogenated alkanes) is 2. The summed E-state index contributed by atoms with van der Waals surface area (Å²) in [4.78, 5) is 0. The average molecular weight is 645 g/mol. The highest BCUT2D eigenvalue weighted by molar-refractivity contribution is 5.75. The fourth-order valence-corrected chi connectivity index (χ4v) is 5.08. The van der Waals surface area contributed by atoms with Crippen LogP contribution in [-0.4, -0.2) is 0 Å². The molecule has 0 amide bonds. The van der Waals surface area contributed by atoms with E-state index in [1.165, 1.54) is 0 Å². The molecule has 10 heteroatoms. The summed E-state index contributed by atoms with van der Waals surface area (Å²) in [7, 11) is 0. The lowest BCUT2D eigenvalue weighted by Gasteiger charge is -2.19. The standard InChI is InChI=1S/C36H25F9O/c1-2-3-4-5-20-6-8-21(9-7-20)23-14-27(37)34(28(38)15-23)24-16-29(39)33(30(40)17-24)22-10-12-25(13-11-22)36(44,45)46-26-18-31(41)35(43)32(42)19-26/h6-19H,2-5H2,1H3. The summed E-state index contributed by atoms with van der Waals surface area (Å²) in [6.07, 6.45) is -0.0805. The Labute approximate surface area is 258 Å². The fourth-order valence-electron chi connectivity index (χ4n) is 5.08. The van der Waals surface area contributed by atoms with Crippen molar-refractivity contribution in [3.8, 4) is 39.1 Å². The predicted molar refractivity (Wildman–Crippen MR) is 157 cm³/mol. The van der Waals surface area contributed by atoms with Crippen LogP contribution in [0.4, 0.5) is 39.5 Å². The number of hydrogen-bond donors (Lipinski definition) is 0. The zero-order chi connectivity index (χ0) is 33.2. The molecule has 0 radical (unpaired) electrons. The number of halogens is 9. The third-order valence-corrected chi connectivity index (χ3v) is 7.44. The molecular weight excluding hydrogens is 619 g/mol. The second kappa shape index (κ2) is 13.3. The first-order valence-corrected chi connectivity index (χ1v) is 14.3. The Morgan fingerprint density at radius 1 is 0.522 bits per heavy atom. The van der Waals surface area contributed by atoms with Gasteiger partial charge < -0.3 is 4.74 Å². The Morgan fingerprint density at radius 2 is 1.00 bits per heavy atom. The fraction of sp³-hybridized carbons (Fsp3) is 0.167. The van der Waals surface area contributed by atoms with Crippen LogP contribution in [0.15, 0.2) is 84.9 Å². The van der Waals surface area contributed by atoms with E-state index in [0.717, 1.165) is 79.8 Å². The number of hydrogen-bond acceptors (Lipinski definition) is 1. The van der Waals surface area contributed by atoms with E-state index in [2.05, 4.69) is 11.7 Å². The topological polar surface area (TPSA) is 9.23 Å². The van der Waals surface area contributed by atoms with Crippen molar-refractivity contribution < 1.29 is 44.3 Å². The Balaban J connectivity index is 1.38. The molecular formula is C36H25F9O. The van der Waals surface area contributed by atoms with Gasteiger partial charge in [-0.15, -0.1) is 0 Å². The molecule has 0 fully saturated rings. The van der Waals surface area contributed by atoms with Gasteiger partial charge >= 0.3 is 6.11 Å². The molecule has 0 aromatic heterocycles. The van der Waals surface area contributed by atoms with E-state index >= 15 is 17.6 Å². The Hall–Kier alpha value is -4.73. The lowest BCUT2D eigenvalue weighted by molar-refractivity contribution is -0.185. The van der Waals surface area contributed by atoms with Crippen LogP contribution in [0.5, 0.6) is 5.75 Å². The largest absolute Gasteiger partial charge is 0.429 e. The van der Waals surface area contributed by atoms with Gasteiger partial charge in [0.25, 0.3) is 0 Å². The van der Waals surface area contributed by atoms with Crippen LogP contribution in [0, 0.1) is 40.7 Å². The Morgan fingerprint density at radius 3 is 1.52 bits per heavy atom. The molecule has 0 spiro atoms. The first-order valence-electron chi connectivity index (χ1n) is 14.3. The van der Waals surface area contributed by atoms with Crippen LogP contribution in [-0.2, 0) is 12.5 Å². The number of alkyl halides is 2. The summed E-state index contributed by atoms with van der Waals surface area (Å²) in [5.41, 5.74) is -0.871. The highest BCUT2D eigenvalue weighted by Crippen LogP contribution is 2.38. The molecule has 0 saturated heterocycles. The maximum absolute atomic E-state index is 15.2. The molecule has 1 nitrogen and oxygen atoms in total. The highest BCUT2D eigenvalue weighted by Gasteiger charge is 2.35. The third-order valence-electron chi connectivity index (χ3n) is 7.44. The SMILES string of the molecule is CCCCCc1ccc(-c2cc(F)c(-c3cc(F)c(-c4ccc(C(F)(F)Oc5cc(F)c(F)c(F)c5)cc4)c(F)c3)c(F)c2)cc1. The molecule has 0 aliphatic heterocycles. The van der Waals surface area contributed by atoms with E-state index in [0.29, 0.717) is 5.56 Å². The predicted octanol–water partition coefficient (Wildman–Crippen LogP) is 11.5. The van der Waals surface area contributed by atoms with Crippen LogP contribution in [0.2, 0.25) is 0 Å². The van der Waals surface area contributed by atoms with Crippen molar-refractivity contribution in [1.29, 1.82) is 0 Å². The molecule has 0 aliphatic rings. The minimum absolute atomic E-state index is 0.200. The molecule has 0 saturated carbocycles. The first kappa shape index (κ1) is 32.7. The summed E-state index contributed by atoms with van der Waals surface area (Å²) < 4.78 is 134. The van der Waals surface area contributed by atoms with E-state index < -0.39 is 74.8 Å². The van der Waals surface area contributed by atoms with Crippen molar-refractivity contribution in [2.24, 2.45) is 0 Å². The average Bonchev–Trinajstić information content (AvgIpc) is 3.00. The van der Waals surface area contributed by atoms with Crippen LogP contribution in [0.25, 0.3) is 33.4 Å². The van der Waals surface area contributed by atoms with Crippen molar-refractivity contribution in [3.63, 3.8) is 0 Å². The van der Waals surface area contributed by atoms with Gasteiger partial charge in [0.2, 0.25) is 0 Å². The molecule has 0 bridgehead atoms. The second-order valence-electron chi connectivity index (χ2n) is 10.7. The first-order chi connectivity index (χ1) is 21.9. The number of ether oxygens (including phenoxy) is 1. The number of aryl methyl sites for hydroxylation is 1. The summed E-state index contributed by atoms with van der Waals surface area (Å²) in [6.45, 7) is 2.10. The minimum Gasteiger partial charge on any atom is -0.429 e. The maximum Gasteiger partial charge on any atom is 0.426 e. The van der Waals surface area contributed by atoms with Gasteiger partial charge in [-0.25, -0.2) is 30.7 Å². The number of benzene rings is 5. The molecule has 5 rings (SSSR count). The maximum atomic E-state index is 15.2. The van der Waals surface area contributed by atoms with Crippen LogP contribution < -0.4 is 4.74 Å². The van der Waals surface area contributed by atoms with Crippen LogP contribution >= 0.6 is 0 Å². The lowest BCUT2D eigenvalue weighted by Crippen LogP contribution is -2.22. The van der Waals surface area contributed by atoms with Crippen molar-refractivity contribution in [2.75, 3.05) is 0 Å². The Bertz CT molecular complexity index is 1800. The summed E-state index contributed by atoms with van der Waals surface area (Å²) >= 11 is 0. The van der Waals surface area contributed by atoms with Crippen molar-refractivity contribution in [2.45, 2.75) is 38.7 Å². The van der Waals surface area contributed by atoms with E-state index in [1.807, 2.05) is 12.1 Å². The van der Waals surface area contributed by atoms with Crippen molar-refractivity contribution >= 4 is 0 Å². The lowest BCUT2D eigenvalue weighted by atomic mass is 9.95. The minimum atomic E-state index is -4.17. The van der Waals surface area contributed by atoms with Gasteiger partial charge in [-0.2, -0.15) is 8.78 Å². The summed E-state index contributed by atoms with van der Waals surface area (Å²) in [5.74, 6) is -10.9. The van der Waals surface area contributed by atoms with Gasteiger partial charge in [0, 0.05) is 12.1 Å². The molecule has 0 heterocycles. The van der Waals surface area contributed by atoms with E-state index in [9.17, 15) is 22.0 Å². The van der Waals surface area contributed by atoms with Gasteiger partial charge in [-0.3, -0.25) is 0 Å². The molecule has 5 aromatic carbocycles. The molecule has 0 unspecified atom stereocenters. The smallest absolute Gasteiger partial charge is 0.426 e. The Kier molecular flexibility index (Phi) is 9.46.